The molecule has 20 nitrogen and oxygen atoms in total. The number of guanidine groups is 2. The number of carboxylic acid groups (broad SMARTS) is 1. The molecular weight excluding hydrogens is 1780 g/mol. The van der Waals surface area contributed by atoms with Crippen molar-refractivity contribution in [3.8, 4) is 39.8 Å². The Labute approximate surface area is 789 Å². The van der Waals surface area contributed by atoms with Crippen LogP contribution in [0.5, 0.6) is 0 Å². The van der Waals surface area contributed by atoms with Crippen LogP contribution in [-0.2, 0) is 53.1 Å². The molecule has 8 N–H and O–H groups in total. The van der Waals surface area contributed by atoms with Gasteiger partial charge in [-0.25, -0.2) is 4.79 Å². The Morgan fingerprint density at radius 1 is 0.472 bits per heavy atom. The van der Waals surface area contributed by atoms with Crippen LogP contribution in [0.25, 0.3) is 33.8 Å². The first kappa shape index (κ1) is 105. The summed E-state index contributed by atoms with van der Waals surface area (Å²) in [5.41, 5.74) is 27.9. The molecule has 0 atom stereocenters. The fraction of sp³-hybridized carbons (Fsp3) is 0.475. The van der Waals surface area contributed by atoms with Gasteiger partial charge in [0.1, 0.15) is 37.0 Å². The molecule has 3 aromatic heterocycles. The van der Waals surface area contributed by atoms with Gasteiger partial charge in [-0.2, -0.15) is 10.3 Å². The molecular formula is C101H132Br3N10NaO10. The van der Waals surface area contributed by atoms with E-state index >= 15 is 0 Å². The van der Waals surface area contributed by atoms with Crippen molar-refractivity contribution in [2.45, 2.75) is 270 Å². The molecule has 24 heteroatoms. The van der Waals surface area contributed by atoms with Gasteiger partial charge in [0.05, 0.1) is 23.6 Å². The Morgan fingerprint density at radius 3 is 1.18 bits per heavy atom. The number of nitrogens with one attached hydrogen (secondary N) is 1. The Bertz CT molecular complexity index is 4600. The molecule has 668 valence electrons. The van der Waals surface area contributed by atoms with Gasteiger partial charge in [-0.3, -0.25) is 43.9 Å². The number of aliphatic carboxylic acids is 1. The Balaban J connectivity index is 0.000000268. The van der Waals surface area contributed by atoms with E-state index in [1.807, 2.05) is 120 Å². The van der Waals surface area contributed by atoms with Crippen LogP contribution in [0.4, 0.5) is 0 Å². The number of carboxylic acids is 1. The number of hydrogen-bond acceptors (Lipinski definition) is 11. The summed E-state index contributed by atoms with van der Waals surface area (Å²) in [6.45, 7) is 4.79. The summed E-state index contributed by atoms with van der Waals surface area (Å²) in [4.78, 5) is 101. The maximum absolute atomic E-state index is 12.7. The van der Waals surface area contributed by atoms with Crippen LogP contribution in [0.15, 0.2) is 198 Å². The Kier molecular flexibility index (Phi) is 51.3. The smallest absolute Gasteiger partial charge is 1.00 e. The number of carbonyl (C=O) groups is 8. The van der Waals surface area contributed by atoms with Gasteiger partial charge in [0.15, 0.2) is 17.7 Å². The van der Waals surface area contributed by atoms with Crippen LogP contribution < -0.4 is 52.1 Å². The molecule has 6 aliphatic carbocycles. The number of aliphatic imine (C=N–C) groups is 2. The van der Waals surface area contributed by atoms with Crippen molar-refractivity contribution in [3.63, 3.8) is 0 Å². The van der Waals surface area contributed by atoms with E-state index < -0.39 is 5.97 Å². The van der Waals surface area contributed by atoms with Crippen LogP contribution in [0.1, 0.15) is 289 Å². The zero-order chi connectivity index (χ0) is 89.1. The van der Waals surface area contributed by atoms with Gasteiger partial charge in [0.25, 0.3) is 5.91 Å². The number of nitrogens with zero attached hydrogens (tertiary/aromatic N) is 6. The summed E-state index contributed by atoms with van der Waals surface area (Å²) in [5.74, 6) is 2.09. The number of nitriles is 1. The third-order valence-corrected chi connectivity index (χ3v) is 24.4. The average molecular weight is 1910 g/mol. The number of Topliss-reactive ketones (excluding diaryl/α,β-unsaturated/α-hetero) is 4. The summed E-state index contributed by atoms with van der Waals surface area (Å²) < 4.78 is 11.0. The normalized spacial score (nSPS) is 15.6. The van der Waals surface area contributed by atoms with E-state index in [-0.39, 0.29) is 92.0 Å². The molecule has 125 heavy (non-hydrogen) atoms. The number of aromatic nitrogens is 3. The quantitative estimate of drug-likeness (QED) is 0.00676. The number of ether oxygens (including phenoxy) is 1. The summed E-state index contributed by atoms with van der Waals surface area (Å²) in [6, 6.07) is 63.3. The van der Waals surface area contributed by atoms with Gasteiger partial charge < -0.3 is 42.2 Å². The van der Waals surface area contributed by atoms with Crippen LogP contribution in [-0.4, -0.2) is 96.1 Å². The summed E-state index contributed by atoms with van der Waals surface area (Å²) in [6.07, 6.45) is 38.2. The van der Waals surface area contributed by atoms with E-state index in [0.29, 0.717) is 102 Å². The molecule has 0 aliphatic heterocycles. The largest absolute Gasteiger partial charge is 1.00 e. The zero-order valence-corrected chi connectivity index (χ0v) is 80.6. The number of alkyl halides is 1. The summed E-state index contributed by atoms with van der Waals surface area (Å²) >= 11 is 8.70. The van der Waals surface area contributed by atoms with Crippen molar-refractivity contribution < 1.29 is 79.2 Å². The summed E-state index contributed by atoms with van der Waals surface area (Å²) in [5, 5.41) is 21.1. The number of nitrogens with two attached hydrogens (primary N) is 3. The number of hydrogen-bond donors (Lipinski definition) is 5. The van der Waals surface area contributed by atoms with Crippen molar-refractivity contribution in [2.24, 2.45) is 44.9 Å². The first-order valence-electron chi connectivity index (χ1n) is 45.0. The van der Waals surface area contributed by atoms with Crippen LogP contribution in [0, 0.1) is 29.1 Å². The van der Waals surface area contributed by atoms with Gasteiger partial charge in [-0.05, 0) is 180 Å². The molecule has 3 heterocycles. The minimum absolute atomic E-state index is 0. The molecule has 0 radical (unpaired) electrons. The first-order chi connectivity index (χ1) is 60.3. The van der Waals surface area contributed by atoms with E-state index in [2.05, 4.69) is 135 Å². The number of rotatable bonds is 25. The van der Waals surface area contributed by atoms with Crippen LogP contribution in [0.2, 0.25) is 0 Å². The molecule has 14 rings (SSSR count). The zero-order valence-electron chi connectivity index (χ0n) is 74.8. The SMILES string of the molecule is BrBr.CC(=O)C1CCCCC1.CCOC(=O)c1ccccc1.N#CCCCN=C(N)NC(=O)Cn1c(-c2ccccc2)ccc1C1CCCCC1.NC(N)=NC(=O)Cn1c(-c2ccccc2)ccc1C1CCCCC1.O=C(CBr)C1CCCCC1.O=C(CCC(=O)C1CCCCC1)c1ccccc1.O=C(O)Cn1c(-c2ccccc2)ccc1C1CCCCC1.[H-].[Na+]. The van der Waals surface area contributed by atoms with Crippen molar-refractivity contribution in [1.29, 1.82) is 5.26 Å². The van der Waals surface area contributed by atoms with Gasteiger partial charge in [-0.15, -0.1) is 0 Å². The molecule has 2 amide bonds. The molecule has 5 aromatic carbocycles. The maximum Gasteiger partial charge on any atom is 1.00 e. The van der Waals surface area contributed by atoms with Gasteiger partial charge >= 0.3 is 41.5 Å². The molecule has 6 fully saturated rings. The molecule has 0 spiro atoms. The third kappa shape index (κ3) is 37.7. The minimum Gasteiger partial charge on any atom is -1.00 e. The Hall–Kier alpha value is -8.63. The van der Waals surface area contributed by atoms with Crippen molar-refractivity contribution >= 4 is 103 Å². The monoisotopic (exact) mass is 1900 g/mol. The van der Waals surface area contributed by atoms with Gasteiger partial charge in [0.2, 0.25) is 5.91 Å². The molecule has 6 aliphatic rings. The predicted molar refractivity (Wildman–Crippen MR) is 511 cm³/mol. The van der Waals surface area contributed by atoms with Crippen LogP contribution in [0.3, 0.4) is 0 Å². The standard InChI is InChI=1S/C23H29N5O.C19H24N4O.C18H21NO2.C16H20O2.C9H10O2.C8H13BrO.C8H14O.Br2.Na.H/c24-15-7-8-16-26-23(25)27-22(29)17-28-20(18-9-3-1-4-10-18)13-14-21(28)19-11-5-2-6-12-19;20-19(21)22-18(24)13-23-16(14-7-3-1-4-8-14)11-12-17(23)15-9-5-2-6-10-15;20-18(21)13-19-16(14-7-3-1-4-8-14)11-12-17(19)15-9-5-2-6-10-15;17-15(13-7-3-1-4-8-13)11-12-16(18)14-9-5-2-6-10-14;1-2-11-9(10)8-6-4-3-5-7-8;9-6-8(10)7-4-2-1-3-5-7;1-7(9)8-5-3-2-4-6-8;1-2;;/h1,3-4,9-10,13-14,19H,2,5-8,11-12,16-17H2,(H3,25,26,27,29);1,3-4,7-8,11-12,15H,2,5-6,9-10,13H2,(H4,20,21,22,24);1,3-4,7-8,11-12,15H,2,5-6,9-10,13H2,(H,20,21);1,3-4,7-8,14H,2,5-6,9-12H2;3-7H,2H2,1H3;7H,1-6H2;8H,2-6H2,1H3;;;/q;;;;;;;;+1;-1. The predicted octanol–water partition coefficient (Wildman–Crippen LogP) is 20.4. The maximum atomic E-state index is 12.7. The second-order valence-corrected chi connectivity index (χ2v) is 33.3. The molecule has 0 unspecified atom stereocenters. The van der Waals surface area contributed by atoms with Gasteiger partial charge in [0, 0.05) is 112 Å². The number of halogens is 3. The number of amides is 2. The van der Waals surface area contributed by atoms with E-state index in [1.165, 1.54) is 171 Å². The van der Waals surface area contributed by atoms with Crippen molar-refractivity contribution in [3.05, 3.63) is 216 Å². The van der Waals surface area contributed by atoms with Crippen LogP contribution >= 0.6 is 44.2 Å². The number of unbranched alkanes of at least 4 members (excludes halogenated alkanes) is 1. The van der Waals surface area contributed by atoms with E-state index in [4.69, 9.17) is 27.2 Å². The van der Waals surface area contributed by atoms with Gasteiger partial charge in [-0.1, -0.05) is 271 Å². The number of ketones is 4. The van der Waals surface area contributed by atoms with Crippen molar-refractivity contribution in [1.82, 2.24) is 19.0 Å². The Morgan fingerprint density at radius 2 is 0.824 bits per heavy atom. The number of carbonyl (C=O) groups excluding carboxylic acids is 7. The number of benzene rings is 5. The van der Waals surface area contributed by atoms with E-state index in [0.717, 1.165) is 72.3 Å². The summed E-state index contributed by atoms with van der Waals surface area (Å²) in [7, 11) is 0. The topological polar surface area (TPSA) is 319 Å². The molecule has 8 aromatic rings. The average Bonchev–Trinajstić information content (AvgIpc) is 1.70. The first-order valence-corrected chi connectivity index (χ1v) is 49.8. The second-order valence-electron chi connectivity index (χ2n) is 32.7. The minimum atomic E-state index is -0.777. The number of esters is 1. The molecule has 0 bridgehead atoms. The van der Waals surface area contributed by atoms with E-state index in [1.54, 1.807) is 26.0 Å². The van der Waals surface area contributed by atoms with Crippen molar-refractivity contribution in [2.75, 3.05) is 18.5 Å². The third-order valence-electron chi connectivity index (χ3n) is 23.9. The fourth-order valence-electron chi connectivity index (χ4n) is 17.5. The second kappa shape index (κ2) is 60.9. The fourth-order valence-corrected chi connectivity index (χ4v) is 17.9. The molecule has 0 saturated heterocycles. The van der Waals surface area contributed by atoms with E-state index in [9.17, 15) is 43.5 Å². The molecule has 6 saturated carbocycles.